The number of Topliss-reactive ketones (excluding diaryl/α,β-unsaturated/α-hetero) is 1. The Morgan fingerprint density at radius 3 is 2.79 bits per heavy atom. The maximum absolute atomic E-state index is 12.2. The lowest BCUT2D eigenvalue weighted by Gasteiger charge is -2.11. The summed E-state index contributed by atoms with van der Waals surface area (Å²) in [5.41, 5.74) is 4.04. The SMILES string of the molecule is CC(C)Oc1ccc(-c2nc(-c3cccc4c3C(C)CC4=O)ns2)cc1C#N. The van der Waals surface area contributed by atoms with E-state index in [1.165, 1.54) is 11.5 Å². The van der Waals surface area contributed by atoms with E-state index in [1.54, 1.807) is 12.1 Å². The van der Waals surface area contributed by atoms with Crippen LogP contribution >= 0.6 is 11.5 Å². The van der Waals surface area contributed by atoms with Gasteiger partial charge in [-0.05, 0) is 55.1 Å². The molecule has 1 atom stereocenters. The molecule has 0 saturated carbocycles. The molecule has 3 aromatic rings. The van der Waals surface area contributed by atoms with Crippen LogP contribution in [-0.4, -0.2) is 21.2 Å². The van der Waals surface area contributed by atoms with Crippen molar-refractivity contribution in [3.63, 3.8) is 0 Å². The Bertz CT molecular complexity index is 1110. The molecule has 0 N–H and O–H groups in total. The molecule has 0 amide bonds. The number of ketones is 1. The van der Waals surface area contributed by atoms with Gasteiger partial charge in [0.2, 0.25) is 0 Å². The normalized spacial score (nSPS) is 15.5. The minimum absolute atomic E-state index is 0.00374. The Morgan fingerprint density at radius 1 is 1.25 bits per heavy atom. The monoisotopic (exact) mass is 389 g/mol. The van der Waals surface area contributed by atoms with E-state index >= 15 is 0 Å². The lowest BCUT2D eigenvalue weighted by atomic mass is 9.97. The molecule has 0 radical (unpaired) electrons. The third kappa shape index (κ3) is 3.19. The van der Waals surface area contributed by atoms with E-state index in [2.05, 4.69) is 17.4 Å². The number of nitriles is 1. The number of hydrogen-bond donors (Lipinski definition) is 0. The fourth-order valence-electron chi connectivity index (χ4n) is 3.58. The van der Waals surface area contributed by atoms with Crippen LogP contribution in [0.1, 0.15) is 54.6 Å². The van der Waals surface area contributed by atoms with Crippen molar-refractivity contribution < 1.29 is 9.53 Å². The zero-order chi connectivity index (χ0) is 19.8. The molecule has 28 heavy (non-hydrogen) atoms. The fourth-order valence-corrected chi connectivity index (χ4v) is 4.25. The lowest BCUT2D eigenvalue weighted by molar-refractivity contribution is 0.0990. The van der Waals surface area contributed by atoms with Gasteiger partial charge in [-0.25, -0.2) is 4.98 Å². The van der Waals surface area contributed by atoms with E-state index in [4.69, 9.17) is 9.72 Å². The number of fused-ring (bicyclic) bond motifs is 1. The van der Waals surface area contributed by atoms with Gasteiger partial charge in [0.1, 0.15) is 16.8 Å². The Balaban J connectivity index is 1.72. The topological polar surface area (TPSA) is 75.9 Å². The summed E-state index contributed by atoms with van der Waals surface area (Å²) in [5, 5.41) is 10.2. The fraction of sp³-hybridized carbons (Fsp3) is 0.273. The molecular weight excluding hydrogens is 370 g/mol. The van der Waals surface area contributed by atoms with Gasteiger partial charge in [0.15, 0.2) is 11.6 Å². The second-order valence-corrected chi connectivity index (χ2v) is 7.96. The Labute approximate surface area is 167 Å². The quantitative estimate of drug-likeness (QED) is 0.611. The molecule has 0 fully saturated rings. The first-order valence-electron chi connectivity index (χ1n) is 9.19. The van der Waals surface area contributed by atoms with Gasteiger partial charge in [-0.1, -0.05) is 25.1 Å². The molecule has 6 heteroatoms. The van der Waals surface area contributed by atoms with Crippen molar-refractivity contribution in [1.29, 1.82) is 5.26 Å². The van der Waals surface area contributed by atoms with Gasteiger partial charge < -0.3 is 4.74 Å². The highest BCUT2D eigenvalue weighted by Gasteiger charge is 2.29. The number of carbonyl (C=O) groups is 1. The Morgan fingerprint density at radius 2 is 2.04 bits per heavy atom. The van der Waals surface area contributed by atoms with Gasteiger partial charge in [-0.2, -0.15) is 9.64 Å². The van der Waals surface area contributed by atoms with Crippen molar-refractivity contribution in [2.75, 3.05) is 0 Å². The lowest BCUT2D eigenvalue weighted by Crippen LogP contribution is -2.06. The first kappa shape index (κ1) is 18.3. The largest absolute Gasteiger partial charge is 0.490 e. The number of hydrogen-bond acceptors (Lipinski definition) is 6. The summed E-state index contributed by atoms with van der Waals surface area (Å²) in [5.74, 6) is 1.54. The molecule has 1 aliphatic rings. The van der Waals surface area contributed by atoms with Crippen molar-refractivity contribution >= 4 is 17.3 Å². The van der Waals surface area contributed by atoms with E-state index in [1.807, 2.05) is 38.1 Å². The first-order valence-corrected chi connectivity index (χ1v) is 9.96. The number of aromatic nitrogens is 2. The van der Waals surface area contributed by atoms with Crippen molar-refractivity contribution in [3.05, 3.63) is 53.1 Å². The summed E-state index contributed by atoms with van der Waals surface area (Å²) in [6.07, 6.45) is 0.530. The van der Waals surface area contributed by atoms with Crippen LogP contribution < -0.4 is 4.74 Å². The van der Waals surface area contributed by atoms with Gasteiger partial charge in [0.25, 0.3) is 0 Å². The van der Waals surface area contributed by atoms with Crippen molar-refractivity contribution in [1.82, 2.24) is 9.36 Å². The number of benzene rings is 2. The molecule has 1 aromatic heterocycles. The summed E-state index contributed by atoms with van der Waals surface area (Å²) in [6.45, 7) is 5.92. The molecule has 2 aromatic carbocycles. The number of carbonyl (C=O) groups excluding carboxylic acids is 1. The summed E-state index contributed by atoms with van der Waals surface area (Å²) in [7, 11) is 0. The predicted octanol–water partition coefficient (Wildman–Crippen LogP) is 5.22. The van der Waals surface area contributed by atoms with Crippen LogP contribution in [0.5, 0.6) is 5.75 Å². The van der Waals surface area contributed by atoms with E-state index in [9.17, 15) is 10.1 Å². The smallest absolute Gasteiger partial charge is 0.173 e. The summed E-state index contributed by atoms with van der Waals surface area (Å²) in [4.78, 5) is 16.9. The van der Waals surface area contributed by atoms with Gasteiger partial charge in [-0.15, -0.1) is 0 Å². The third-order valence-electron chi connectivity index (χ3n) is 4.77. The standard InChI is InChI=1S/C22H19N3O2S/c1-12(2)27-19-8-7-14(10-15(19)11-23)22-24-21(25-28-22)17-6-4-5-16-18(26)9-13(3)20(16)17/h4-8,10,12-13H,9H2,1-3H3. The molecule has 1 unspecified atom stereocenters. The van der Waals surface area contributed by atoms with Gasteiger partial charge in [0, 0.05) is 23.1 Å². The van der Waals surface area contributed by atoms with Crippen LogP contribution in [0.3, 0.4) is 0 Å². The molecule has 0 bridgehead atoms. The minimum Gasteiger partial charge on any atom is -0.490 e. The molecular formula is C22H19N3O2S. The summed E-state index contributed by atoms with van der Waals surface area (Å²) in [6, 6.07) is 13.4. The van der Waals surface area contributed by atoms with E-state index in [0.717, 1.165) is 27.3 Å². The van der Waals surface area contributed by atoms with E-state index < -0.39 is 0 Å². The second kappa shape index (κ2) is 7.17. The first-order chi connectivity index (χ1) is 13.5. The number of nitrogens with zero attached hydrogens (tertiary/aromatic N) is 3. The van der Waals surface area contributed by atoms with Crippen LogP contribution in [0.15, 0.2) is 36.4 Å². The Kier molecular flexibility index (Phi) is 4.70. The minimum atomic E-state index is -0.00374. The zero-order valence-electron chi connectivity index (χ0n) is 15.9. The average Bonchev–Trinajstić information content (AvgIpc) is 3.27. The maximum Gasteiger partial charge on any atom is 0.173 e. The van der Waals surface area contributed by atoms with Crippen molar-refractivity contribution in [3.8, 4) is 33.8 Å². The summed E-state index contributed by atoms with van der Waals surface area (Å²) >= 11 is 1.29. The van der Waals surface area contributed by atoms with Crippen LogP contribution in [0, 0.1) is 11.3 Å². The van der Waals surface area contributed by atoms with Crippen LogP contribution in [0.25, 0.3) is 22.0 Å². The second-order valence-electron chi connectivity index (χ2n) is 7.21. The van der Waals surface area contributed by atoms with Crippen molar-refractivity contribution in [2.24, 2.45) is 0 Å². The van der Waals surface area contributed by atoms with Crippen molar-refractivity contribution in [2.45, 2.75) is 39.2 Å². The molecule has 140 valence electrons. The van der Waals surface area contributed by atoms with E-state index in [-0.39, 0.29) is 17.8 Å². The molecule has 1 heterocycles. The highest BCUT2D eigenvalue weighted by molar-refractivity contribution is 7.09. The molecule has 1 aliphatic carbocycles. The number of ether oxygens (including phenoxy) is 1. The van der Waals surface area contributed by atoms with Gasteiger partial charge in [0.05, 0.1) is 11.7 Å². The third-order valence-corrected chi connectivity index (χ3v) is 5.53. The summed E-state index contributed by atoms with van der Waals surface area (Å²) < 4.78 is 10.2. The van der Waals surface area contributed by atoms with Gasteiger partial charge >= 0.3 is 0 Å². The number of rotatable bonds is 4. The Hall–Kier alpha value is -3.04. The molecule has 4 rings (SSSR count). The molecule has 0 spiro atoms. The van der Waals surface area contributed by atoms with Crippen LogP contribution in [-0.2, 0) is 0 Å². The van der Waals surface area contributed by atoms with Gasteiger partial charge in [-0.3, -0.25) is 4.79 Å². The highest BCUT2D eigenvalue weighted by Crippen LogP contribution is 2.40. The van der Waals surface area contributed by atoms with Crippen LogP contribution in [0.2, 0.25) is 0 Å². The zero-order valence-corrected chi connectivity index (χ0v) is 16.7. The predicted molar refractivity (Wildman–Crippen MR) is 109 cm³/mol. The van der Waals surface area contributed by atoms with E-state index in [0.29, 0.717) is 23.6 Å². The van der Waals surface area contributed by atoms with Crippen LogP contribution in [0.4, 0.5) is 0 Å². The molecule has 5 nitrogen and oxygen atoms in total. The average molecular weight is 389 g/mol. The molecule has 0 aliphatic heterocycles. The maximum atomic E-state index is 12.2. The highest BCUT2D eigenvalue weighted by atomic mass is 32.1. The molecule has 0 saturated heterocycles.